The van der Waals surface area contributed by atoms with Crippen LogP contribution in [0, 0.1) is 0 Å². The number of hydrogen-bond donors (Lipinski definition) is 0. The number of likely N-dealkylation sites (N-methyl/N-ethyl adjacent to an activating group) is 1. The van der Waals surface area contributed by atoms with Crippen LogP contribution >= 0.6 is 0 Å². The molecule has 2 aliphatic heterocycles. The van der Waals surface area contributed by atoms with Crippen LogP contribution in [0.4, 0.5) is 16.3 Å². The van der Waals surface area contributed by atoms with E-state index in [-0.39, 0.29) is 6.03 Å². The third-order valence-corrected chi connectivity index (χ3v) is 4.95. The number of fused-ring (bicyclic) bond motifs is 1. The molecule has 0 bridgehead atoms. The third-order valence-electron chi connectivity index (χ3n) is 4.95. The second-order valence-corrected chi connectivity index (χ2v) is 6.69. The summed E-state index contributed by atoms with van der Waals surface area (Å²) in [5, 5.41) is 0. The summed E-state index contributed by atoms with van der Waals surface area (Å²) in [6, 6.07) is 9.72. The van der Waals surface area contributed by atoms with Gasteiger partial charge in [0, 0.05) is 20.1 Å². The van der Waals surface area contributed by atoms with Crippen LogP contribution in [0.3, 0.4) is 0 Å². The van der Waals surface area contributed by atoms with Crippen LogP contribution in [0.25, 0.3) is 12.2 Å². The first kappa shape index (κ1) is 17.2. The molecule has 0 N–H and O–H groups in total. The molecule has 0 radical (unpaired) electrons. The number of likely N-dealkylation sites (tertiary alicyclic amines) is 1. The Labute approximate surface area is 157 Å². The summed E-state index contributed by atoms with van der Waals surface area (Å²) in [6.07, 6.45) is 7.44. The number of carbonyl (C=O) groups excluding carboxylic acids is 2. The molecule has 4 rings (SSSR count). The highest BCUT2D eigenvalue weighted by Gasteiger charge is 2.41. The summed E-state index contributed by atoms with van der Waals surface area (Å²) >= 11 is 0. The van der Waals surface area contributed by atoms with Crippen molar-refractivity contribution >= 4 is 36.0 Å². The number of benzene rings is 1. The second-order valence-electron chi connectivity index (χ2n) is 6.69. The van der Waals surface area contributed by atoms with Gasteiger partial charge in [0.2, 0.25) is 0 Å². The van der Waals surface area contributed by atoms with Gasteiger partial charge in [-0.15, -0.1) is 0 Å². The molecule has 1 aromatic carbocycles. The minimum atomic E-state index is -0.698. The van der Waals surface area contributed by atoms with Crippen LogP contribution in [0.1, 0.15) is 24.2 Å². The molecule has 0 spiro atoms. The van der Waals surface area contributed by atoms with E-state index < -0.39 is 6.17 Å². The third kappa shape index (κ3) is 3.16. The summed E-state index contributed by atoms with van der Waals surface area (Å²) < 4.78 is 0. The van der Waals surface area contributed by atoms with Gasteiger partial charge in [0.05, 0.1) is 6.20 Å². The fraction of sp³-hybridized carbons (Fsp3) is 0.300. The molecule has 1 unspecified atom stereocenters. The zero-order valence-electron chi connectivity index (χ0n) is 15.2. The second kappa shape index (κ2) is 7.19. The highest BCUT2D eigenvalue weighted by Crippen LogP contribution is 2.37. The van der Waals surface area contributed by atoms with Gasteiger partial charge in [-0.1, -0.05) is 36.4 Å². The van der Waals surface area contributed by atoms with Crippen molar-refractivity contribution in [2.45, 2.75) is 19.0 Å². The summed E-state index contributed by atoms with van der Waals surface area (Å²) in [5.74, 6) is 1.12. The number of anilines is 2. The van der Waals surface area contributed by atoms with Crippen LogP contribution in [0.5, 0.6) is 0 Å². The van der Waals surface area contributed by atoms with Gasteiger partial charge in [-0.3, -0.25) is 9.69 Å². The van der Waals surface area contributed by atoms with Gasteiger partial charge in [-0.2, -0.15) is 0 Å². The zero-order valence-corrected chi connectivity index (χ0v) is 15.2. The van der Waals surface area contributed by atoms with Crippen molar-refractivity contribution < 1.29 is 9.59 Å². The maximum absolute atomic E-state index is 12.9. The van der Waals surface area contributed by atoms with E-state index in [0.29, 0.717) is 17.3 Å². The molecule has 2 aromatic rings. The van der Waals surface area contributed by atoms with E-state index in [1.54, 1.807) is 23.0 Å². The Morgan fingerprint density at radius 1 is 1.15 bits per heavy atom. The number of carbonyl (C=O) groups is 2. The molecule has 27 heavy (non-hydrogen) atoms. The Bertz CT molecular complexity index is 877. The Kier molecular flexibility index (Phi) is 4.58. The maximum atomic E-state index is 12.9. The van der Waals surface area contributed by atoms with E-state index >= 15 is 0 Å². The summed E-state index contributed by atoms with van der Waals surface area (Å²) in [7, 11) is 1.77. The first-order valence-corrected chi connectivity index (χ1v) is 9.05. The fourth-order valence-electron chi connectivity index (χ4n) is 3.49. The molecule has 1 aromatic heterocycles. The lowest BCUT2D eigenvalue weighted by Crippen LogP contribution is -2.50. The van der Waals surface area contributed by atoms with Crippen LogP contribution in [-0.4, -0.2) is 53.5 Å². The van der Waals surface area contributed by atoms with E-state index in [4.69, 9.17) is 0 Å². The SMILES string of the molecule is CN1c2nc(/C=C/c3ccccc3)ncc2N(C(=O)N2CCCC2)C1C=O. The Morgan fingerprint density at radius 2 is 1.89 bits per heavy atom. The van der Waals surface area contributed by atoms with Crippen molar-refractivity contribution in [2.24, 2.45) is 0 Å². The molecule has 0 aliphatic carbocycles. The number of rotatable bonds is 3. The monoisotopic (exact) mass is 363 g/mol. The first-order valence-electron chi connectivity index (χ1n) is 9.05. The minimum absolute atomic E-state index is 0.161. The molecule has 2 amide bonds. The van der Waals surface area contributed by atoms with Crippen LogP contribution in [0.2, 0.25) is 0 Å². The van der Waals surface area contributed by atoms with Crippen LogP contribution in [0.15, 0.2) is 36.5 Å². The standard InChI is InChI=1S/C20H21N5O2/c1-23-18(14-26)25(20(27)24-11-5-6-12-24)16-13-21-17(22-19(16)23)10-9-15-7-3-2-4-8-15/h2-4,7-10,13-14,18H,5-6,11-12H2,1H3/b10-9+. The molecule has 1 fully saturated rings. The maximum Gasteiger partial charge on any atom is 0.326 e. The van der Waals surface area contributed by atoms with Crippen molar-refractivity contribution in [2.75, 3.05) is 29.9 Å². The lowest BCUT2D eigenvalue weighted by molar-refractivity contribution is -0.108. The molecule has 3 heterocycles. The van der Waals surface area contributed by atoms with Crippen LogP contribution in [-0.2, 0) is 4.79 Å². The fourth-order valence-corrected chi connectivity index (χ4v) is 3.49. The van der Waals surface area contributed by atoms with Crippen molar-refractivity contribution in [3.05, 3.63) is 47.9 Å². The van der Waals surface area contributed by atoms with Gasteiger partial charge in [-0.05, 0) is 24.5 Å². The summed E-state index contributed by atoms with van der Waals surface area (Å²) in [6.45, 7) is 1.44. The first-order chi connectivity index (χ1) is 13.2. The molecule has 1 atom stereocenters. The highest BCUT2D eigenvalue weighted by molar-refractivity contribution is 6.02. The van der Waals surface area contributed by atoms with Crippen LogP contribution < -0.4 is 9.80 Å². The number of hydrogen-bond acceptors (Lipinski definition) is 5. The smallest absolute Gasteiger partial charge is 0.326 e. The number of amides is 2. The largest absolute Gasteiger partial charge is 0.331 e. The number of aldehydes is 1. The van der Waals surface area contributed by atoms with E-state index in [0.717, 1.165) is 37.8 Å². The summed E-state index contributed by atoms with van der Waals surface area (Å²) in [5.41, 5.74) is 1.62. The van der Waals surface area contributed by atoms with Crippen molar-refractivity contribution in [3.63, 3.8) is 0 Å². The van der Waals surface area contributed by atoms with Crippen molar-refractivity contribution in [1.29, 1.82) is 0 Å². The molecule has 1 saturated heterocycles. The minimum Gasteiger partial charge on any atom is -0.331 e. The van der Waals surface area contributed by atoms with E-state index in [2.05, 4.69) is 9.97 Å². The molecule has 2 aliphatic rings. The molecule has 0 saturated carbocycles. The lowest BCUT2D eigenvalue weighted by Gasteiger charge is -2.28. The van der Waals surface area contributed by atoms with E-state index in [1.807, 2.05) is 42.5 Å². The number of aromatic nitrogens is 2. The van der Waals surface area contributed by atoms with E-state index in [9.17, 15) is 9.59 Å². The Hall–Kier alpha value is -3.22. The Balaban J connectivity index is 1.64. The Morgan fingerprint density at radius 3 is 2.59 bits per heavy atom. The molecule has 7 heteroatoms. The normalized spacial score (nSPS) is 19.0. The molecule has 138 valence electrons. The zero-order chi connectivity index (χ0) is 18.8. The van der Waals surface area contributed by atoms with Gasteiger partial charge < -0.3 is 9.80 Å². The predicted octanol–water partition coefficient (Wildman–Crippen LogP) is 2.64. The predicted molar refractivity (Wildman–Crippen MR) is 104 cm³/mol. The molecular weight excluding hydrogens is 342 g/mol. The van der Waals surface area contributed by atoms with Gasteiger partial charge in [0.15, 0.2) is 24.1 Å². The number of nitrogens with zero attached hydrogens (tertiary/aromatic N) is 5. The summed E-state index contributed by atoms with van der Waals surface area (Å²) in [4.78, 5) is 38.6. The van der Waals surface area contributed by atoms with Gasteiger partial charge >= 0.3 is 6.03 Å². The average Bonchev–Trinajstić information content (AvgIpc) is 3.33. The van der Waals surface area contributed by atoms with Crippen molar-refractivity contribution in [1.82, 2.24) is 14.9 Å². The lowest BCUT2D eigenvalue weighted by atomic mass is 10.2. The van der Waals surface area contributed by atoms with Gasteiger partial charge in [0.1, 0.15) is 5.69 Å². The van der Waals surface area contributed by atoms with Gasteiger partial charge in [-0.25, -0.2) is 14.8 Å². The van der Waals surface area contributed by atoms with Gasteiger partial charge in [0.25, 0.3) is 0 Å². The number of urea groups is 1. The van der Waals surface area contributed by atoms with Crippen molar-refractivity contribution in [3.8, 4) is 0 Å². The molecular formula is C20H21N5O2. The van der Waals surface area contributed by atoms with E-state index in [1.165, 1.54) is 4.90 Å². The average molecular weight is 363 g/mol. The molecule has 7 nitrogen and oxygen atoms in total. The quantitative estimate of drug-likeness (QED) is 0.784. The highest BCUT2D eigenvalue weighted by atomic mass is 16.2. The topological polar surface area (TPSA) is 69.6 Å².